The van der Waals surface area contributed by atoms with Gasteiger partial charge in [0.25, 0.3) is 0 Å². The van der Waals surface area contributed by atoms with Crippen molar-refractivity contribution in [1.82, 2.24) is 14.9 Å². The number of benzene rings is 2. The fraction of sp³-hybridized carbons (Fsp3) is 0.273. The van der Waals surface area contributed by atoms with E-state index in [0.717, 1.165) is 55.7 Å². The second kappa shape index (κ2) is 8.57. The minimum absolute atomic E-state index is 0.301. The van der Waals surface area contributed by atoms with Crippen molar-refractivity contribution in [3.63, 3.8) is 0 Å². The molecule has 0 bridgehead atoms. The van der Waals surface area contributed by atoms with E-state index >= 15 is 0 Å². The van der Waals surface area contributed by atoms with E-state index in [1.54, 1.807) is 6.33 Å². The third kappa shape index (κ3) is 4.26. The molecule has 0 atom stereocenters. The number of hydrogen-bond acceptors (Lipinski definition) is 9. The molecule has 0 saturated carbocycles. The number of rotatable bonds is 6. The summed E-state index contributed by atoms with van der Waals surface area (Å²) in [6.07, 6.45) is 1.54. The van der Waals surface area contributed by atoms with Gasteiger partial charge in [-0.2, -0.15) is 0 Å². The number of nitrogens with two attached hydrogens (primary N) is 1. The third-order valence-corrected chi connectivity index (χ3v) is 5.48. The quantitative estimate of drug-likeness (QED) is 0.520. The minimum atomic E-state index is 0.301. The number of nitrogens with zero attached hydrogens (tertiary/aromatic N) is 4. The summed E-state index contributed by atoms with van der Waals surface area (Å²) < 4.78 is 10.9. The lowest BCUT2D eigenvalue weighted by molar-refractivity contribution is 0.174. The molecule has 2 aliphatic heterocycles. The highest BCUT2D eigenvalue weighted by Gasteiger charge is 2.22. The molecular weight excluding hydrogens is 394 g/mol. The Hall–Kier alpha value is -3.72. The van der Waals surface area contributed by atoms with Gasteiger partial charge in [-0.3, -0.25) is 15.8 Å². The molecule has 0 spiro atoms. The zero-order chi connectivity index (χ0) is 21.0. The minimum Gasteiger partial charge on any atom is -0.454 e. The molecule has 31 heavy (non-hydrogen) atoms. The molecule has 1 aromatic heterocycles. The Labute approximate surface area is 180 Å². The van der Waals surface area contributed by atoms with Crippen molar-refractivity contribution in [3.05, 3.63) is 60.4 Å². The third-order valence-electron chi connectivity index (χ3n) is 5.48. The van der Waals surface area contributed by atoms with E-state index in [4.69, 9.17) is 15.2 Å². The number of hydrazine groups is 1. The van der Waals surface area contributed by atoms with Gasteiger partial charge in [-0.1, -0.05) is 24.3 Å². The van der Waals surface area contributed by atoms with Crippen molar-refractivity contribution < 1.29 is 9.47 Å². The van der Waals surface area contributed by atoms with Crippen molar-refractivity contribution in [3.8, 4) is 11.5 Å². The second-order valence-corrected chi connectivity index (χ2v) is 7.53. The van der Waals surface area contributed by atoms with Crippen LogP contribution in [-0.4, -0.2) is 47.8 Å². The number of para-hydroxylation sites is 1. The average Bonchev–Trinajstić information content (AvgIpc) is 3.28. The van der Waals surface area contributed by atoms with Crippen molar-refractivity contribution in [2.75, 3.05) is 54.5 Å². The van der Waals surface area contributed by atoms with Gasteiger partial charge in [-0.15, -0.1) is 0 Å². The van der Waals surface area contributed by atoms with Crippen LogP contribution < -0.4 is 31.0 Å². The van der Waals surface area contributed by atoms with Crippen LogP contribution in [0.3, 0.4) is 0 Å². The highest BCUT2D eigenvalue weighted by atomic mass is 16.7. The Balaban J connectivity index is 1.19. The van der Waals surface area contributed by atoms with Gasteiger partial charge < -0.3 is 20.1 Å². The van der Waals surface area contributed by atoms with Gasteiger partial charge in [0.1, 0.15) is 12.0 Å². The van der Waals surface area contributed by atoms with E-state index in [2.05, 4.69) is 42.8 Å². The molecule has 5 rings (SSSR count). The summed E-state index contributed by atoms with van der Waals surface area (Å²) in [5, 5.41) is 0. The maximum atomic E-state index is 6.38. The first-order chi connectivity index (χ1) is 15.3. The van der Waals surface area contributed by atoms with E-state index in [9.17, 15) is 0 Å². The molecule has 9 nitrogen and oxygen atoms in total. The maximum Gasteiger partial charge on any atom is 0.231 e. The average molecular weight is 419 g/mol. The Kier molecular flexibility index (Phi) is 5.32. The number of ether oxygens (including phenoxy) is 2. The van der Waals surface area contributed by atoms with Crippen LogP contribution in [0.15, 0.2) is 54.9 Å². The van der Waals surface area contributed by atoms with E-state index in [1.807, 2.05) is 36.4 Å². The number of nitrogen functional groups attached to an aromatic ring is 1. The Morgan fingerprint density at radius 1 is 0.903 bits per heavy atom. The molecule has 0 radical (unpaired) electrons. The highest BCUT2D eigenvalue weighted by molar-refractivity contribution is 5.75. The summed E-state index contributed by atoms with van der Waals surface area (Å²) in [5.74, 6) is 2.97. The Morgan fingerprint density at radius 2 is 1.71 bits per heavy atom. The number of aromatic nitrogens is 2. The molecule has 2 aromatic carbocycles. The summed E-state index contributed by atoms with van der Waals surface area (Å²) in [5.41, 5.74) is 15.3. The standard InChI is InChI=1S/C22H25N7O2/c23-20-21(27-26-17-4-2-1-3-5-17)24-14-25-22(20)29-10-8-28(9-11-29)13-16-6-7-18-19(12-16)31-15-30-18/h1-7,12,14,26H,8-11,13,15,23H2,(H,24,25,27). The predicted octanol–water partition coefficient (Wildman–Crippen LogP) is 2.55. The molecule has 1 fully saturated rings. The molecule has 3 heterocycles. The van der Waals surface area contributed by atoms with Crippen LogP contribution in [0.2, 0.25) is 0 Å². The lowest BCUT2D eigenvalue weighted by Gasteiger charge is -2.36. The Bertz CT molecular complexity index is 1040. The monoisotopic (exact) mass is 419 g/mol. The van der Waals surface area contributed by atoms with Crippen LogP contribution in [0.5, 0.6) is 11.5 Å². The van der Waals surface area contributed by atoms with Crippen molar-refractivity contribution in [2.24, 2.45) is 0 Å². The maximum absolute atomic E-state index is 6.38. The molecule has 4 N–H and O–H groups in total. The van der Waals surface area contributed by atoms with Crippen LogP contribution in [0, 0.1) is 0 Å². The summed E-state index contributed by atoms with van der Waals surface area (Å²) in [4.78, 5) is 13.3. The first-order valence-electron chi connectivity index (χ1n) is 10.3. The van der Waals surface area contributed by atoms with Gasteiger partial charge in [-0.25, -0.2) is 9.97 Å². The smallest absolute Gasteiger partial charge is 0.231 e. The largest absolute Gasteiger partial charge is 0.454 e. The van der Waals surface area contributed by atoms with E-state index in [-0.39, 0.29) is 0 Å². The fourth-order valence-corrected chi connectivity index (χ4v) is 3.81. The summed E-state index contributed by atoms with van der Waals surface area (Å²) in [6, 6.07) is 16.0. The van der Waals surface area contributed by atoms with Gasteiger partial charge >= 0.3 is 0 Å². The van der Waals surface area contributed by atoms with Crippen molar-refractivity contribution >= 4 is 23.0 Å². The van der Waals surface area contributed by atoms with Gasteiger partial charge in [0.15, 0.2) is 23.1 Å². The number of nitrogens with one attached hydrogen (secondary N) is 2. The normalized spacial score (nSPS) is 15.7. The van der Waals surface area contributed by atoms with Gasteiger partial charge in [0.05, 0.1) is 5.69 Å². The van der Waals surface area contributed by atoms with Crippen LogP contribution in [-0.2, 0) is 6.54 Å². The molecule has 160 valence electrons. The molecule has 9 heteroatoms. The number of anilines is 4. The molecule has 3 aromatic rings. The fourth-order valence-electron chi connectivity index (χ4n) is 3.81. The lowest BCUT2D eigenvalue weighted by atomic mass is 10.1. The summed E-state index contributed by atoms with van der Waals surface area (Å²) >= 11 is 0. The van der Waals surface area contributed by atoms with E-state index in [0.29, 0.717) is 18.3 Å². The summed E-state index contributed by atoms with van der Waals surface area (Å²) in [7, 11) is 0. The molecule has 0 aliphatic carbocycles. The number of fused-ring (bicyclic) bond motifs is 1. The molecule has 2 aliphatic rings. The zero-order valence-electron chi connectivity index (χ0n) is 17.1. The van der Waals surface area contributed by atoms with Gasteiger partial charge in [0, 0.05) is 32.7 Å². The first-order valence-corrected chi connectivity index (χ1v) is 10.3. The highest BCUT2D eigenvalue weighted by Crippen LogP contribution is 2.33. The molecule has 0 unspecified atom stereocenters. The van der Waals surface area contributed by atoms with Crippen LogP contribution in [0.25, 0.3) is 0 Å². The number of piperazine rings is 1. The number of hydrogen-bond donors (Lipinski definition) is 3. The first kappa shape index (κ1) is 19.3. The van der Waals surface area contributed by atoms with Crippen LogP contribution in [0.4, 0.5) is 23.0 Å². The zero-order valence-corrected chi connectivity index (χ0v) is 17.1. The van der Waals surface area contributed by atoms with E-state index < -0.39 is 0 Å². The van der Waals surface area contributed by atoms with Crippen LogP contribution in [0.1, 0.15) is 5.56 Å². The SMILES string of the molecule is Nc1c(NNc2ccccc2)ncnc1N1CCN(Cc2ccc3c(c2)OCO3)CC1. The van der Waals surface area contributed by atoms with Gasteiger partial charge in [-0.05, 0) is 29.8 Å². The second-order valence-electron chi connectivity index (χ2n) is 7.53. The van der Waals surface area contributed by atoms with Gasteiger partial charge in [0.2, 0.25) is 6.79 Å². The Morgan fingerprint density at radius 3 is 2.55 bits per heavy atom. The molecule has 1 saturated heterocycles. The summed E-state index contributed by atoms with van der Waals surface area (Å²) in [6.45, 7) is 4.70. The topological polar surface area (TPSA) is 101 Å². The van der Waals surface area contributed by atoms with Crippen molar-refractivity contribution in [2.45, 2.75) is 6.54 Å². The van der Waals surface area contributed by atoms with E-state index in [1.165, 1.54) is 5.56 Å². The lowest BCUT2D eigenvalue weighted by Crippen LogP contribution is -2.46. The molecular formula is C22H25N7O2. The van der Waals surface area contributed by atoms with Crippen LogP contribution >= 0.6 is 0 Å². The molecule has 0 amide bonds. The predicted molar refractivity (Wildman–Crippen MR) is 120 cm³/mol. The van der Waals surface area contributed by atoms with Crippen molar-refractivity contribution in [1.29, 1.82) is 0 Å².